The van der Waals surface area contributed by atoms with E-state index in [0.29, 0.717) is 12.2 Å². The highest BCUT2D eigenvalue weighted by Gasteiger charge is 2.12. The molecule has 4 aromatic rings. The Labute approximate surface area is 198 Å². The van der Waals surface area contributed by atoms with Gasteiger partial charge in [-0.25, -0.2) is 10.2 Å². The quantitative estimate of drug-likeness (QED) is 0.240. The van der Waals surface area contributed by atoms with Gasteiger partial charge in [0, 0.05) is 22.6 Å². The van der Waals surface area contributed by atoms with Crippen LogP contribution in [-0.4, -0.2) is 29.3 Å². The molecule has 0 aliphatic rings. The van der Waals surface area contributed by atoms with Gasteiger partial charge in [-0.3, -0.25) is 4.79 Å². The summed E-state index contributed by atoms with van der Waals surface area (Å²) < 4.78 is 7.13. The van der Waals surface area contributed by atoms with E-state index < -0.39 is 0 Å². The van der Waals surface area contributed by atoms with Crippen LogP contribution < -0.4 is 5.43 Å². The number of aromatic nitrogens is 1. The Morgan fingerprint density at radius 2 is 1.74 bits per heavy atom. The van der Waals surface area contributed by atoms with Crippen LogP contribution in [0.25, 0.3) is 16.5 Å². The number of esters is 1. The molecule has 0 spiro atoms. The Morgan fingerprint density at radius 3 is 2.50 bits per heavy atom. The number of nitrogens with one attached hydrogen (secondary N) is 1. The maximum atomic E-state index is 12.5. The zero-order valence-electron chi connectivity index (χ0n) is 19.5. The van der Waals surface area contributed by atoms with E-state index in [2.05, 4.69) is 15.1 Å². The molecule has 0 bridgehead atoms. The number of carbonyl (C=O) groups excluding carboxylic acids is 2. The molecule has 0 fully saturated rings. The van der Waals surface area contributed by atoms with Crippen LogP contribution in [0.15, 0.2) is 77.9 Å². The summed E-state index contributed by atoms with van der Waals surface area (Å²) in [6.45, 7) is 6.12. The monoisotopic (exact) mass is 453 g/mol. The normalized spacial score (nSPS) is 11.1. The van der Waals surface area contributed by atoms with E-state index in [0.717, 1.165) is 39.0 Å². The molecule has 0 aliphatic heterocycles. The molecule has 0 radical (unpaired) electrons. The van der Waals surface area contributed by atoms with Crippen molar-refractivity contribution in [2.45, 2.75) is 27.2 Å². The van der Waals surface area contributed by atoms with Gasteiger partial charge in [0.05, 0.1) is 24.8 Å². The Balaban J connectivity index is 1.45. The highest BCUT2D eigenvalue weighted by Crippen LogP contribution is 2.21. The number of ether oxygens (including phenoxy) is 1. The fourth-order valence-corrected chi connectivity index (χ4v) is 4.11. The zero-order valence-corrected chi connectivity index (χ0v) is 19.5. The van der Waals surface area contributed by atoms with E-state index in [1.807, 2.05) is 74.5 Å². The predicted molar refractivity (Wildman–Crippen MR) is 135 cm³/mol. The molecule has 0 atom stereocenters. The fourth-order valence-electron chi connectivity index (χ4n) is 4.11. The van der Waals surface area contributed by atoms with E-state index in [1.165, 1.54) is 0 Å². The summed E-state index contributed by atoms with van der Waals surface area (Å²) in [6, 6.07) is 23.3. The Morgan fingerprint density at radius 1 is 1.00 bits per heavy atom. The maximum Gasteiger partial charge on any atom is 0.338 e. The topological polar surface area (TPSA) is 72.7 Å². The van der Waals surface area contributed by atoms with Gasteiger partial charge in [-0.15, -0.1) is 0 Å². The summed E-state index contributed by atoms with van der Waals surface area (Å²) in [4.78, 5) is 24.4. The van der Waals surface area contributed by atoms with Gasteiger partial charge < -0.3 is 9.30 Å². The van der Waals surface area contributed by atoms with Gasteiger partial charge in [0.25, 0.3) is 0 Å². The molecule has 0 saturated carbocycles. The first-order valence-corrected chi connectivity index (χ1v) is 11.2. The molecular formula is C28H27N3O3. The van der Waals surface area contributed by atoms with Crippen LogP contribution >= 0.6 is 0 Å². The van der Waals surface area contributed by atoms with Gasteiger partial charge >= 0.3 is 5.97 Å². The van der Waals surface area contributed by atoms with Gasteiger partial charge in [0.15, 0.2) is 0 Å². The van der Waals surface area contributed by atoms with Crippen molar-refractivity contribution in [2.75, 3.05) is 6.61 Å². The SMILES string of the molecule is CCOC(=O)c1ccc(-n2c(C)cc(/C=N/NC(=O)Cc3cccc4ccccc34)c2C)cc1. The maximum absolute atomic E-state index is 12.5. The molecule has 34 heavy (non-hydrogen) atoms. The number of benzene rings is 3. The van der Waals surface area contributed by atoms with Crippen molar-refractivity contribution in [2.24, 2.45) is 5.10 Å². The van der Waals surface area contributed by atoms with Crippen molar-refractivity contribution in [1.82, 2.24) is 9.99 Å². The molecule has 6 heteroatoms. The minimum atomic E-state index is -0.331. The van der Waals surface area contributed by atoms with Crippen molar-refractivity contribution < 1.29 is 14.3 Å². The number of nitrogens with zero attached hydrogens (tertiary/aromatic N) is 2. The van der Waals surface area contributed by atoms with E-state index in [9.17, 15) is 9.59 Å². The van der Waals surface area contributed by atoms with Crippen LogP contribution in [0, 0.1) is 13.8 Å². The second-order valence-corrected chi connectivity index (χ2v) is 8.04. The standard InChI is InChI=1S/C28H27N3O3/c1-4-34-28(33)22-12-14-25(15-13-22)31-19(2)16-24(20(31)3)18-29-30-27(32)17-23-10-7-9-21-8-5-6-11-26(21)23/h5-16,18H,4,17H2,1-3H3,(H,30,32)/b29-18+. The van der Waals surface area contributed by atoms with Crippen LogP contribution in [0.3, 0.4) is 0 Å². The number of hydrogen-bond donors (Lipinski definition) is 1. The zero-order chi connectivity index (χ0) is 24.1. The highest BCUT2D eigenvalue weighted by atomic mass is 16.5. The predicted octanol–water partition coefficient (Wildman–Crippen LogP) is 5.12. The summed E-state index contributed by atoms with van der Waals surface area (Å²) in [5.41, 5.74) is 7.96. The molecule has 1 heterocycles. The van der Waals surface area contributed by atoms with E-state index >= 15 is 0 Å². The average molecular weight is 454 g/mol. The lowest BCUT2D eigenvalue weighted by Crippen LogP contribution is -2.19. The number of hydrogen-bond acceptors (Lipinski definition) is 4. The Kier molecular flexibility index (Phi) is 6.87. The lowest BCUT2D eigenvalue weighted by Gasteiger charge is -2.10. The molecule has 3 aromatic carbocycles. The summed E-state index contributed by atoms with van der Waals surface area (Å²) >= 11 is 0. The van der Waals surface area contributed by atoms with Crippen molar-refractivity contribution in [3.05, 3.63) is 101 Å². The molecule has 1 N–H and O–H groups in total. The number of aryl methyl sites for hydroxylation is 1. The molecule has 0 saturated heterocycles. The van der Waals surface area contributed by atoms with E-state index in [4.69, 9.17) is 4.74 Å². The number of hydrazone groups is 1. The largest absolute Gasteiger partial charge is 0.462 e. The average Bonchev–Trinajstić information content (AvgIpc) is 3.12. The molecule has 1 aromatic heterocycles. The third-order valence-electron chi connectivity index (χ3n) is 5.73. The Hall–Kier alpha value is -4.19. The van der Waals surface area contributed by atoms with Crippen LogP contribution in [-0.2, 0) is 16.0 Å². The molecule has 0 aliphatic carbocycles. The molecule has 6 nitrogen and oxygen atoms in total. The number of carbonyl (C=O) groups is 2. The minimum Gasteiger partial charge on any atom is -0.462 e. The van der Waals surface area contributed by atoms with E-state index in [1.54, 1.807) is 25.3 Å². The molecule has 172 valence electrons. The van der Waals surface area contributed by atoms with E-state index in [-0.39, 0.29) is 18.3 Å². The fraction of sp³-hybridized carbons (Fsp3) is 0.179. The lowest BCUT2D eigenvalue weighted by molar-refractivity contribution is -0.120. The Bertz CT molecular complexity index is 1360. The summed E-state index contributed by atoms with van der Waals surface area (Å²) in [5.74, 6) is -0.502. The van der Waals surface area contributed by atoms with Gasteiger partial charge in [-0.2, -0.15) is 5.10 Å². The van der Waals surface area contributed by atoms with Crippen LogP contribution in [0.2, 0.25) is 0 Å². The summed E-state index contributed by atoms with van der Waals surface area (Å²) in [7, 11) is 0. The second-order valence-electron chi connectivity index (χ2n) is 8.04. The number of amides is 1. The van der Waals surface area contributed by atoms with Crippen LogP contribution in [0.5, 0.6) is 0 Å². The van der Waals surface area contributed by atoms with Crippen molar-refractivity contribution in [1.29, 1.82) is 0 Å². The smallest absolute Gasteiger partial charge is 0.338 e. The number of fused-ring (bicyclic) bond motifs is 1. The first-order chi connectivity index (χ1) is 16.5. The molecular weight excluding hydrogens is 426 g/mol. The van der Waals surface area contributed by atoms with Crippen LogP contribution in [0.1, 0.15) is 39.8 Å². The van der Waals surface area contributed by atoms with Crippen molar-refractivity contribution >= 4 is 28.9 Å². The third-order valence-corrected chi connectivity index (χ3v) is 5.73. The third kappa shape index (κ3) is 4.91. The van der Waals surface area contributed by atoms with Gasteiger partial charge in [-0.05, 0) is 67.4 Å². The first kappa shape index (κ1) is 23.0. The van der Waals surface area contributed by atoms with Gasteiger partial charge in [0.1, 0.15) is 0 Å². The van der Waals surface area contributed by atoms with Crippen LogP contribution in [0.4, 0.5) is 0 Å². The number of rotatable bonds is 7. The lowest BCUT2D eigenvalue weighted by atomic mass is 10.0. The molecule has 4 rings (SSSR count). The highest BCUT2D eigenvalue weighted by molar-refractivity contribution is 5.91. The summed E-state index contributed by atoms with van der Waals surface area (Å²) in [6.07, 6.45) is 1.91. The first-order valence-electron chi connectivity index (χ1n) is 11.2. The van der Waals surface area contributed by atoms with Crippen molar-refractivity contribution in [3.8, 4) is 5.69 Å². The van der Waals surface area contributed by atoms with Gasteiger partial charge in [0.2, 0.25) is 5.91 Å². The summed E-state index contributed by atoms with van der Waals surface area (Å²) in [5, 5.41) is 6.37. The van der Waals surface area contributed by atoms with Gasteiger partial charge in [-0.1, -0.05) is 42.5 Å². The molecule has 1 amide bonds. The minimum absolute atomic E-state index is 0.170. The second kappa shape index (κ2) is 10.2. The van der Waals surface area contributed by atoms with Crippen molar-refractivity contribution in [3.63, 3.8) is 0 Å². The molecule has 0 unspecified atom stereocenters.